The van der Waals surface area contributed by atoms with Gasteiger partial charge in [0.1, 0.15) is 5.88 Å². The summed E-state index contributed by atoms with van der Waals surface area (Å²) in [6, 6.07) is 0. The van der Waals surface area contributed by atoms with Crippen molar-refractivity contribution in [2.45, 2.75) is 0 Å². The number of rotatable bonds is 0. The molecule has 0 amide bonds. The van der Waals surface area contributed by atoms with Crippen LogP contribution in [0.3, 0.4) is 0 Å². The molecule has 0 unspecified atom stereocenters. The normalized spacial score (nSPS) is 28.0. The molecule has 1 aliphatic rings. The third kappa shape index (κ3) is 1.14. The zero-order valence-corrected chi connectivity index (χ0v) is 4.53. The van der Waals surface area contributed by atoms with Crippen LogP contribution in [-0.4, -0.2) is 20.7 Å². The Bertz CT molecular complexity index is 136. The first kappa shape index (κ1) is 5.05. The highest BCUT2D eigenvalue weighted by Crippen LogP contribution is 1.97. The molecular weight excluding hydrogens is 114 g/mol. The van der Waals surface area contributed by atoms with E-state index in [0.717, 1.165) is 5.88 Å². The average Bonchev–Trinajstić information content (AvgIpc) is 1.84. The van der Waals surface area contributed by atoms with Crippen molar-refractivity contribution in [1.82, 2.24) is 5.32 Å². The van der Waals surface area contributed by atoms with Crippen molar-refractivity contribution >= 4 is 9.84 Å². The minimum atomic E-state index is -2.78. The maximum atomic E-state index is 10.3. The topological polar surface area (TPSA) is 46.2 Å². The Morgan fingerprint density at radius 2 is 2.29 bits per heavy atom. The largest absolute Gasteiger partial charge is 0.298 e. The molecule has 0 aromatic heterocycles. The SMILES string of the molecule is O=S1(=O)[CH]NCC1. The zero-order chi connectivity index (χ0) is 5.33. The van der Waals surface area contributed by atoms with Gasteiger partial charge in [-0.25, -0.2) is 8.42 Å². The van der Waals surface area contributed by atoms with E-state index in [0.29, 0.717) is 6.54 Å². The quantitative estimate of drug-likeness (QED) is 0.451. The van der Waals surface area contributed by atoms with E-state index in [1.54, 1.807) is 0 Å². The minimum Gasteiger partial charge on any atom is -0.298 e. The molecule has 1 heterocycles. The Labute approximate surface area is 42.6 Å². The van der Waals surface area contributed by atoms with Crippen LogP contribution in [0.4, 0.5) is 0 Å². The molecule has 1 saturated heterocycles. The Balaban J connectivity index is 2.76. The molecule has 0 atom stereocenters. The Morgan fingerprint density at radius 1 is 1.57 bits per heavy atom. The Kier molecular flexibility index (Phi) is 1.05. The van der Waals surface area contributed by atoms with Gasteiger partial charge in [0.05, 0.1) is 5.75 Å². The third-order valence-corrected chi connectivity index (χ3v) is 2.09. The lowest BCUT2D eigenvalue weighted by Gasteiger charge is -1.79. The van der Waals surface area contributed by atoms with Crippen LogP contribution >= 0.6 is 0 Å². The van der Waals surface area contributed by atoms with Crippen LogP contribution in [0.25, 0.3) is 0 Å². The summed E-state index contributed by atoms with van der Waals surface area (Å²) in [7, 11) is -2.78. The van der Waals surface area contributed by atoms with Gasteiger partial charge in [0.15, 0.2) is 9.84 Å². The maximum Gasteiger partial charge on any atom is 0.170 e. The van der Waals surface area contributed by atoms with Crippen LogP contribution in [0, 0.1) is 5.88 Å². The molecule has 0 spiro atoms. The zero-order valence-electron chi connectivity index (χ0n) is 3.72. The maximum absolute atomic E-state index is 10.3. The van der Waals surface area contributed by atoms with E-state index in [1.165, 1.54) is 0 Å². The lowest BCUT2D eigenvalue weighted by Crippen LogP contribution is -2.00. The van der Waals surface area contributed by atoms with Crippen molar-refractivity contribution in [3.63, 3.8) is 0 Å². The number of hydrogen-bond acceptors (Lipinski definition) is 3. The molecule has 1 fully saturated rings. The first-order valence-corrected chi connectivity index (χ1v) is 3.72. The lowest BCUT2D eigenvalue weighted by molar-refractivity contribution is 0.605. The van der Waals surface area contributed by atoms with Crippen molar-refractivity contribution < 1.29 is 8.42 Å². The van der Waals surface area contributed by atoms with E-state index in [1.807, 2.05) is 0 Å². The summed E-state index contributed by atoms with van der Waals surface area (Å²) >= 11 is 0. The van der Waals surface area contributed by atoms with Crippen LogP contribution in [0.1, 0.15) is 0 Å². The van der Waals surface area contributed by atoms with E-state index >= 15 is 0 Å². The van der Waals surface area contributed by atoms with Crippen molar-refractivity contribution in [1.29, 1.82) is 0 Å². The van der Waals surface area contributed by atoms with E-state index in [9.17, 15) is 8.42 Å². The molecule has 0 saturated carbocycles. The molecule has 0 bridgehead atoms. The van der Waals surface area contributed by atoms with Gasteiger partial charge in [0, 0.05) is 6.54 Å². The van der Waals surface area contributed by atoms with Crippen LogP contribution in [0.5, 0.6) is 0 Å². The fourth-order valence-corrected chi connectivity index (χ4v) is 1.34. The van der Waals surface area contributed by atoms with Crippen molar-refractivity contribution in [3.8, 4) is 0 Å². The summed E-state index contributed by atoms with van der Waals surface area (Å²) in [6.45, 7) is 0.572. The predicted molar refractivity (Wildman–Crippen MR) is 26.1 cm³/mol. The van der Waals surface area contributed by atoms with Crippen LogP contribution in [0.15, 0.2) is 0 Å². The van der Waals surface area contributed by atoms with Crippen molar-refractivity contribution in [2.75, 3.05) is 12.3 Å². The number of sulfone groups is 1. The van der Waals surface area contributed by atoms with Gasteiger partial charge in [-0.15, -0.1) is 0 Å². The fourth-order valence-electron chi connectivity index (χ4n) is 0.446. The number of nitrogens with one attached hydrogen (secondary N) is 1. The van der Waals surface area contributed by atoms with E-state index in [4.69, 9.17) is 0 Å². The summed E-state index contributed by atoms with van der Waals surface area (Å²) in [5.41, 5.74) is 0. The molecule has 3 nitrogen and oxygen atoms in total. The van der Waals surface area contributed by atoms with Gasteiger partial charge < -0.3 is 0 Å². The van der Waals surface area contributed by atoms with E-state index < -0.39 is 9.84 Å². The van der Waals surface area contributed by atoms with Crippen molar-refractivity contribution in [2.24, 2.45) is 0 Å². The third-order valence-electron chi connectivity index (χ3n) is 0.794. The average molecular weight is 120 g/mol. The van der Waals surface area contributed by atoms with Gasteiger partial charge in [-0.3, -0.25) is 5.32 Å². The molecule has 4 heteroatoms. The second-order valence-corrected chi connectivity index (χ2v) is 3.41. The summed E-state index contributed by atoms with van der Waals surface area (Å²) < 4.78 is 20.6. The Hall–Kier alpha value is -0.0900. The van der Waals surface area contributed by atoms with Crippen LogP contribution in [0.2, 0.25) is 0 Å². The summed E-state index contributed by atoms with van der Waals surface area (Å²) in [6.07, 6.45) is 0. The lowest BCUT2D eigenvalue weighted by atomic mass is 10.8. The summed E-state index contributed by atoms with van der Waals surface area (Å²) in [5.74, 6) is 1.40. The van der Waals surface area contributed by atoms with E-state index in [2.05, 4.69) is 5.32 Å². The second kappa shape index (κ2) is 1.45. The van der Waals surface area contributed by atoms with Crippen LogP contribution in [-0.2, 0) is 9.84 Å². The summed E-state index contributed by atoms with van der Waals surface area (Å²) in [5, 5.41) is 2.60. The first-order chi connectivity index (χ1) is 3.21. The molecule has 1 N–H and O–H groups in total. The first-order valence-electron chi connectivity index (χ1n) is 2.00. The predicted octanol–water partition coefficient (Wildman–Crippen LogP) is -0.876. The molecule has 1 rings (SSSR count). The van der Waals surface area contributed by atoms with E-state index in [-0.39, 0.29) is 5.75 Å². The molecule has 0 aromatic carbocycles. The molecular formula is C3H6NO2S. The fraction of sp³-hybridized carbons (Fsp3) is 0.667. The monoisotopic (exact) mass is 120 g/mol. The van der Waals surface area contributed by atoms with Crippen molar-refractivity contribution in [3.05, 3.63) is 5.88 Å². The molecule has 1 radical (unpaired) electrons. The van der Waals surface area contributed by atoms with Gasteiger partial charge in [-0.05, 0) is 0 Å². The molecule has 1 aliphatic heterocycles. The van der Waals surface area contributed by atoms with Gasteiger partial charge >= 0.3 is 0 Å². The number of hydrogen-bond donors (Lipinski definition) is 1. The Morgan fingerprint density at radius 3 is 2.43 bits per heavy atom. The van der Waals surface area contributed by atoms with Gasteiger partial charge in [-0.1, -0.05) is 0 Å². The highest BCUT2D eigenvalue weighted by Gasteiger charge is 2.16. The van der Waals surface area contributed by atoms with Gasteiger partial charge in [-0.2, -0.15) is 0 Å². The molecule has 41 valence electrons. The van der Waals surface area contributed by atoms with Gasteiger partial charge in [0.2, 0.25) is 0 Å². The minimum absolute atomic E-state index is 0.257. The highest BCUT2D eigenvalue weighted by atomic mass is 32.2. The van der Waals surface area contributed by atoms with Gasteiger partial charge in [0.25, 0.3) is 0 Å². The standard InChI is InChI=1S/C3H6NO2S/c5-7(6)2-1-4-3-7/h3-4H,1-2H2. The highest BCUT2D eigenvalue weighted by molar-refractivity contribution is 7.93. The smallest absolute Gasteiger partial charge is 0.170 e. The second-order valence-electron chi connectivity index (χ2n) is 1.44. The molecule has 7 heavy (non-hydrogen) atoms. The molecule has 0 aromatic rings. The van der Waals surface area contributed by atoms with Crippen LogP contribution < -0.4 is 5.32 Å². The molecule has 0 aliphatic carbocycles. The summed E-state index contributed by atoms with van der Waals surface area (Å²) in [4.78, 5) is 0.